The van der Waals surface area contributed by atoms with Crippen molar-refractivity contribution >= 4 is 23.1 Å². The molecule has 0 atom stereocenters. The van der Waals surface area contributed by atoms with Gasteiger partial charge in [0.25, 0.3) is 0 Å². The van der Waals surface area contributed by atoms with Gasteiger partial charge in [-0.3, -0.25) is 0 Å². The number of aromatic nitrogens is 2. The summed E-state index contributed by atoms with van der Waals surface area (Å²) in [5, 5.41) is 3.31. The first-order chi connectivity index (χ1) is 8.16. The molecular weight excluding hydrogens is 240 g/mol. The first-order valence-corrected chi connectivity index (χ1v) is 6.16. The first-order valence-electron chi connectivity index (χ1n) is 5.78. The number of nitrogens with zero attached hydrogens (tertiary/aromatic N) is 2. The molecule has 0 spiro atoms. The lowest BCUT2D eigenvalue weighted by molar-refractivity contribution is 0.134. The Kier molecular flexibility index (Phi) is 4.02. The van der Waals surface area contributed by atoms with Crippen LogP contribution in [0.2, 0.25) is 5.28 Å². The van der Waals surface area contributed by atoms with E-state index < -0.39 is 0 Å². The van der Waals surface area contributed by atoms with E-state index in [4.69, 9.17) is 22.1 Å². The van der Waals surface area contributed by atoms with E-state index in [2.05, 4.69) is 15.3 Å². The van der Waals surface area contributed by atoms with Crippen molar-refractivity contribution in [3.63, 3.8) is 0 Å². The molecule has 0 saturated heterocycles. The van der Waals surface area contributed by atoms with Gasteiger partial charge in [0.15, 0.2) is 5.82 Å². The van der Waals surface area contributed by atoms with E-state index >= 15 is 0 Å². The minimum atomic E-state index is 0.207. The lowest BCUT2D eigenvalue weighted by Gasteiger charge is -2.10. The van der Waals surface area contributed by atoms with Crippen LogP contribution in [0, 0.1) is 12.8 Å². The number of nitrogens with two attached hydrogens (primary N) is 1. The summed E-state index contributed by atoms with van der Waals surface area (Å²) in [6.45, 7) is 3.98. The minimum Gasteiger partial charge on any atom is -0.394 e. The van der Waals surface area contributed by atoms with Crippen molar-refractivity contribution in [2.75, 3.05) is 30.8 Å². The molecule has 0 aromatic carbocycles. The Balaban J connectivity index is 1.77. The van der Waals surface area contributed by atoms with Crippen molar-refractivity contribution < 1.29 is 4.74 Å². The normalized spacial score (nSPS) is 14.9. The van der Waals surface area contributed by atoms with Crippen LogP contribution in [-0.4, -0.2) is 29.7 Å². The first kappa shape index (κ1) is 12.4. The van der Waals surface area contributed by atoms with Gasteiger partial charge >= 0.3 is 0 Å². The van der Waals surface area contributed by atoms with Gasteiger partial charge in [-0.2, -0.15) is 4.98 Å². The maximum absolute atomic E-state index is 5.84. The second kappa shape index (κ2) is 5.51. The molecule has 1 fully saturated rings. The van der Waals surface area contributed by atoms with Gasteiger partial charge in [0.2, 0.25) is 5.28 Å². The van der Waals surface area contributed by atoms with Crippen LogP contribution in [-0.2, 0) is 4.74 Å². The number of rotatable bonds is 6. The topological polar surface area (TPSA) is 73.1 Å². The molecule has 3 N–H and O–H groups in total. The Labute approximate surface area is 106 Å². The average molecular weight is 257 g/mol. The monoisotopic (exact) mass is 256 g/mol. The summed E-state index contributed by atoms with van der Waals surface area (Å²) in [4.78, 5) is 8.01. The third-order valence-corrected chi connectivity index (χ3v) is 2.87. The summed E-state index contributed by atoms with van der Waals surface area (Å²) in [5.41, 5.74) is 7.06. The maximum atomic E-state index is 5.84. The molecular formula is C11H17ClN4O. The SMILES string of the molecule is Cc1nc(Cl)nc(NCCOCC2CC2)c1N. The van der Waals surface area contributed by atoms with E-state index in [1.165, 1.54) is 12.8 Å². The zero-order chi connectivity index (χ0) is 12.3. The molecule has 0 unspecified atom stereocenters. The van der Waals surface area contributed by atoms with Crippen molar-refractivity contribution in [1.82, 2.24) is 9.97 Å². The summed E-state index contributed by atoms with van der Waals surface area (Å²) >= 11 is 5.76. The van der Waals surface area contributed by atoms with Crippen LogP contribution in [0.1, 0.15) is 18.5 Å². The van der Waals surface area contributed by atoms with Crippen molar-refractivity contribution in [2.45, 2.75) is 19.8 Å². The molecule has 17 heavy (non-hydrogen) atoms. The summed E-state index contributed by atoms with van der Waals surface area (Å²) in [7, 11) is 0. The molecule has 0 amide bonds. The molecule has 0 bridgehead atoms. The number of hydrogen-bond acceptors (Lipinski definition) is 5. The van der Waals surface area contributed by atoms with Gasteiger partial charge in [-0.25, -0.2) is 4.98 Å². The summed E-state index contributed by atoms with van der Waals surface area (Å²) in [5.74, 6) is 1.37. The molecule has 1 saturated carbocycles. The van der Waals surface area contributed by atoms with E-state index in [0.29, 0.717) is 30.4 Å². The summed E-state index contributed by atoms with van der Waals surface area (Å²) in [6, 6.07) is 0. The second-order valence-electron chi connectivity index (χ2n) is 4.29. The number of ether oxygens (including phenoxy) is 1. The molecule has 1 aromatic heterocycles. The Bertz CT molecular complexity index is 395. The van der Waals surface area contributed by atoms with Crippen LogP contribution in [0.25, 0.3) is 0 Å². The molecule has 1 heterocycles. The summed E-state index contributed by atoms with van der Waals surface area (Å²) in [6.07, 6.45) is 2.61. The number of nitrogen functional groups attached to an aromatic ring is 1. The predicted molar refractivity (Wildman–Crippen MR) is 68.2 cm³/mol. The van der Waals surface area contributed by atoms with Gasteiger partial charge in [0, 0.05) is 13.2 Å². The van der Waals surface area contributed by atoms with E-state index in [-0.39, 0.29) is 5.28 Å². The summed E-state index contributed by atoms with van der Waals surface area (Å²) < 4.78 is 5.50. The van der Waals surface area contributed by atoms with Crippen LogP contribution in [0.4, 0.5) is 11.5 Å². The number of anilines is 2. The maximum Gasteiger partial charge on any atom is 0.224 e. The lowest BCUT2D eigenvalue weighted by atomic mass is 10.3. The largest absolute Gasteiger partial charge is 0.394 e. The van der Waals surface area contributed by atoms with E-state index in [0.717, 1.165) is 12.5 Å². The van der Waals surface area contributed by atoms with E-state index in [1.807, 2.05) is 0 Å². The zero-order valence-corrected chi connectivity index (χ0v) is 10.6. The highest BCUT2D eigenvalue weighted by Gasteiger charge is 2.20. The molecule has 1 aliphatic carbocycles. The Hall–Kier alpha value is -1.07. The molecule has 5 nitrogen and oxygen atoms in total. The predicted octanol–water partition coefficient (Wildman–Crippen LogP) is 1.86. The van der Waals surface area contributed by atoms with Gasteiger partial charge in [0.05, 0.1) is 18.0 Å². The van der Waals surface area contributed by atoms with E-state index in [1.54, 1.807) is 6.92 Å². The Morgan fingerprint density at radius 1 is 1.47 bits per heavy atom. The van der Waals surface area contributed by atoms with Gasteiger partial charge < -0.3 is 15.8 Å². The quantitative estimate of drug-likeness (QED) is 0.600. The molecule has 2 rings (SSSR count). The Morgan fingerprint density at radius 2 is 2.24 bits per heavy atom. The fourth-order valence-corrected chi connectivity index (χ4v) is 1.67. The average Bonchev–Trinajstić information content (AvgIpc) is 3.08. The van der Waals surface area contributed by atoms with Gasteiger partial charge in [-0.05, 0) is 37.3 Å². The molecule has 0 aliphatic heterocycles. The Morgan fingerprint density at radius 3 is 2.94 bits per heavy atom. The van der Waals surface area contributed by atoms with Crippen molar-refractivity contribution in [3.8, 4) is 0 Å². The lowest BCUT2D eigenvalue weighted by Crippen LogP contribution is -2.13. The van der Waals surface area contributed by atoms with Crippen molar-refractivity contribution in [2.24, 2.45) is 5.92 Å². The van der Waals surface area contributed by atoms with Crippen LogP contribution in [0.5, 0.6) is 0 Å². The number of hydrogen-bond donors (Lipinski definition) is 2. The highest BCUT2D eigenvalue weighted by atomic mass is 35.5. The van der Waals surface area contributed by atoms with Crippen LogP contribution >= 0.6 is 11.6 Å². The highest BCUT2D eigenvalue weighted by Crippen LogP contribution is 2.28. The highest BCUT2D eigenvalue weighted by molar-refractivity contribution is 6.28. The van der Waals surface area contributed by atoms with Crippen molar-refractivity contribution in [1.29, 1.82) is 0 Å². The molecule has 1 aromatic rings. The fraction of sp³-hybridized carbons (Fsp3) is 0.636. The fourth-order valence-electron chi connectivity index (χ4n) is 1.46. The van der Waals surface area contributed by atoms with Gasteiger partial charge in [0.1, 0.15) is 0 Å². The van der Waals surface area contributed by atoms with Crippen LogP contribution < -0.4 is 11.1 Å². The number of nitrogens with one attached hydrogen (secondary N) is 1. The zero-order valence-electron chi connectivity index (χ0n) is 9.87. The van der Waals surface area contributed by atoms with Gasteiger partial charge in [-0.15, -0.1) is 0 Å². The smallest absolute Gasteiger partial charge is 0.224 e. The van der Waals surface area contributed by atoms with Crippen molar-refractivity contribution in [3.05, 3.63) is 11.0 Å². The van der Waals surface area contributed by atoms with E-state index in [9.17, 15) is 0 Å². The number of aryl methyl sites for hydroxylation is 1. The number of halogens is 1. The molecule has 0 radical (unpaired) electrons. The standard InChI is InChI=1S/C11H17ClN4O/c1-7-9(13)10(16-11(12)15-7)14-4-5-17-6-8-2-3-8/h8H,2-6,13H2,1H3,(H,14,15,16). The van der Waals surface area contributed by atoms with Gasteiger partial charge in [-0.1, -0.05) is 0 Å². The third kappa shape index (κ3) is 3.71. The third-order valence-electron chi connectivity index (χ3n) is 2.70. The molecule has 6 heteroatoms. The molecule has 1 aliphatic rings. The van der Waals surface area contributed by atoms with Crippen LogP contribution in [0.15, 0.2) is 0 Å². The minimum absolute atomic E-state index is 0.207. The second-order valence-corrected chi connectivity index (χ2v) is 4.62. The van der Waals surface area contributed by atoms with Crippen LogP contribution in [0.3, 0.4) is 0 Å². The molecule has 94 valence electrons.